The monoisotopic (exact) mass is 361 g/mol. The molecular formula is C15H12ClN5O4. The molecule has 0 radical (unpaired) electrons. The van der Waals surface area contributed by atoms with Gasteiger partial charge in [0.25, 0.3) is 17.5 Å². The van der Waals surface area contributed by atoms with Gasteiger partial charge in [-0.1, -0.05) is 11.6 Å². The number of anilines is 1. The van der Waals surface area contributed by atoms with E-state index in [1.807, 2.05) is 0 Å². The Labute approximate surface area is 147 Å². The number of carbonyl (C=O) groups is 2. The molecule has 25 heavy (non-hydrogen) atoms. The smallest absolute Gasteiger partial charge is 0.273 e. The van der Waals surface area contributed by atoms with Crippen molar-refractivity contribution in [1.29, 1.82) is 5.26 Å². The molecule has 1 aromatic rings. The molecule has 0 fully saturated rings. The number of nitriles is 1. The Balaban J connectivity index is 2.49. The van der Waals surface area contributed by atoms with Gasteiger partial charge in [-0.05, 0) is 26.0 Å². The first-order chi connectivity index (χ1) is 11.8. The summed E-state index contributed by atoms with van der Waals surface area (Å²) in [6.07, 6.45) is 0. The number of likely N-dealkylation sites (N-methyl/N-ethyl adjacent to an activating group) is 1. The van der Waals surface area contributed by atoms with Crippen LogP contribution < -0.4 is 5.43 Å². The second-order valence-corrected chi connectivity index (χ2v) is 5.39. The fourth-order valence-electron chi connectivity index (χ4n) is 2.21. The summed E-state index contributed by atoms with van der Waals surface area (Å²) >= 11 is 5.74. The fourth-order valence-corrected chi connectivity index (χ4v) is 2.38. The van der Waals surface area contributed by atoms with Crippen molar-refractivity contribution in [3.8, 4) is 6.07 Å². The van der Waals surface area contributed by atoms with Gasteiger partial charge in [-0.15, -0.1) is 0 Å². The number of rotatable bonds is 4. The molecule has 2 rings (SSSR count). The second-order valence-electron chi connectivity index (χ2n) is 4.96. The molecule has 0 unspecified atom stereocenters. The van der Waals surface area contributed by atoms with E-state index in [1.54, 1.807) is 13.0 Å². The summed E-state index contributed by atoms with van der Waals surface area (Å²) in [6.45, 7) is 3.06. The molecule has 1 heterocycles. The molecule has 1 aromatic carbocycles. The lowest BCUT2D eigenvalue weighted by Crippen LogP contribution is -2.46. The van der Waals surface area contributed by atoms with E-state index < -0.39 is 16.7 Å². The minimum Gasteiger partial charge on any atom is -0.273 e. The predicted molar refractivity (Wildman–Crippen MR) is 89.9 cm³/mol. The van der Waals surface area contributed by atoms with Gasteiger partial charge in [-0.2, -0.15) is 10.4 Å². The molecule has 0 aromatic heterocycles. The Kier molecular flexibility index (Phi) is 5.14. The minimum absolute atomic E-state index is 0.0148. The highest BCUT2D eigenvalue weighted by Gasteiger charge is 2.36. The summed E-state index contributed by atoms with van der Waals surface area (Å²) in [5.41, 5.74) is 1.87. The first-order valence-corrected chi connectivity index (χ1v) is 7.44. The van der Waals surface area contributed by atoms with E-state index >= 15 is 0 Å². The van der Waals surface area contributed by atoms with E-state index in [-0.39, 0.29) is 39.8 Å². The van der Waals surface area contributed by atoms with Crippen LogP contribution in [0.2, 0.25) is 5.02 Å². The molecule has 10 heteroatoms. The standard InChI is InChI=1S/C15H12ClN5O4/c1-3-20-14(22)10(7-17)8(2)13(15(20)23)19-18-11-5-4-9(16)6-12(11)21(24)25/h4-6,18H,3H2,1-2H3/b19-13-. The van der Waals surface area contributed by atoms with Crippen LogP contribution in [-0.2, 0) is 9.59 Å². The third-order valence-electron chi connectivity index (χ3n) is 3.51. The molecule has 0 atom stereocenters. The van der Waals surface area contributed by atoms with Crippen LogP contribution in [0.5, 0.6) is 0 Å². The van der Waals surface area contributed by atoms with E-state index in [9.17, 15) is 19.7 Å². The summed E-state index contributed by atoms with van der Waals surface area (Å²) in [5, 5.41) is 24.3. The lowest BCUT2D eigenvalue weighted by molar-refractivity contribution is -0.383. The van der Waals surface area contributed by atoms with Crippen LogP contribution in [-0.4, -0.2) is 33.9 Å². The van der Waals surface area contributed by atoms with Gasteiger partial charge in [0.15, 0.2) is 5.71 Å². The summed E-state index contributed by atoms with van der Waals surface area (Å²) in [5.74, 6) is -1.38. The maximum atomic E-state index is 12.4. The first-order valence-electron chi connectivity index (χ1n) is 7.07. The highest BCUT2D eigenvalue weighted by atomic mass is 35.5. The van der Waals surface area contributed by atoms with Crippen LogP contribution in [0.25, 0.3) is 0 Å². The maximum absolute atomic E-state index is 12.4. The fraction of sp³-hybridized carbons (Fsp3) is 0.200. The third kappa shape index (κ3) is 3.34. The van der Waals surface area contributed by atoms with Gasteiger partial charge in [0.1, 0.15) is 17.3 Å². The van der Waals surface area contributed by atoms with Crippen molar-refractivity contribution >= 4 is 40.5 Å². The van der Waals surface area contributed by atoms with Gasteiger partial charge >= 0.3 is 0 Å². The summed E-state index contributed by atoms with van der Waals surface area (Å²) in [6, 6.07) is 5.65. The lowest BCUT2D eigenvalue weighted by atomic mass is 9.99. The molecule has 0 spiro atoms. The van der Waals surface area contributed by atoms with Gasteiger partial charge in [-0.3, -0.25) is 30.0 Å². The van der Waals surface area contributed by atoms with E-state index in [0.29, 0.717) is 0 Å². The van der Waals surface area contributed by atoms with Crippen LogP contribution in [0.1, 0.15) is 13.8 Å². The van der Waals surface area contributed by atoms with Gasteiger partial charge in [0, 0.05) is 23.2 Å². The summed E-state index contributed by atoms with van der Waals surface area (Å²) in [4.78, 5) is 35.7. The number of amides is 2. The zero-order chi connectivity index (χ0) is 18.7. The molecule has 1 aliphatic heterocycles. The summed E-state index contributed by atoms with van der Waals surface area (Å²) in [7, 11) is 0. The van der Waals surface area contributed by atoms with Crippen molar-refractivity contribution in [3.05, 3.63) is 44.5 Å². The number of hydrogen-bond acceptors (Lipinski definition) is 7. The van der Waals surface area contributed by atoms with E-state index in [4.69, 9.17) is 16.9 Å². The largest absolute Gasteiger partial charge is 0.295 e. The highest BCUT2D eigenvalue weighted by molar-refractivity contribution is 6.50. The number of hydrazone groups is 1. The average molecular weight is 362 g/mol. The van der Waals surface area contributed by atoms with Gasteiger partial charge in [0.05, 0.1) is 4.92 Å². The predicted octanol–water partition coefficient (Wildman–Crippen LogP) is 2.24. The van der Waals surface area contributed by atoms with Crippen molar-refractivity contribution in [1.82, 2.24) is 4.90 Å². The van der Waals surface area contributed by atoms with Crippen LogP contribution in [0.4, 0.5) is 11.4 Å². The SMILES string of the molecule is CCN1C(=O)C(C#N)=C(C)/C(=N/Nc2ccc(Cl)cc2[N+](=O)[O-])C1=O. The average Bonchev–Trinajstić information content (AvgIpc) is 2.56. The molecule has 2 amide bonds. The maximum Gasteiger partial charge on any atom is 0.295 e. The van der Waals surface area contributed by atoms with Gasteiger partial charge < -0.3 is 0 Å². The van der Waals surface area contributed by atoms with Crippen molar-refractivity contribution in [3.63, 3.8) is 0 Å². The topological polar surface area (TPSA) is 129 Å². The second kappa shape index (κ2) is 7.11. The Morgan fingerprint density at radius 1 is 1.40 bits per heavy atom. The number of benzene rings is 1. The Bertz CT molecular complexity index is 884. The van der Waals surface area contributed by atoms with Crippen LogP contribution in [0, 0.1) is 21.4 Å². The number of imide groups is 1. The zero-order valence-electron chi connectivity index (χ0n) is 13.2. The number of nitro groups is 1. The highest BCUT2D eigenvalue weighted by Crippen LogP contribution is 2.28. The Hall–Kier alpha value is -3.25. The molecule has 128 valence electrons. The quantitative estimate of drug-likeness (QED) is 0.497. The summed E-state index contributed by atoms with van der Waals surface area (Å²) < 4.78 is 0. The van der Waals surface area contributed by atoms with Crippen LogP contribution >= 0.6 is 11.6 Å². The Morgan fingerprint density at radius 3 is 2.64 bits per heavy atom. The molecule has 1 N–H and O–H groups in total. The number of nitrogens with one attached hydrogen (secondary N) is 1. The molecular weight excluding hydrogens is 350 g/mol. The number of hydrogen-bond donors (Lipinski definition) is 1. The number of carbonyl (C=O) groups excluding carboxylic acids is 2. The Morgan fingerprint density at radius 2 is 2.08 bits per heavy atom. The zero-order valence-corrected chi connectivity index (χ0v) is 14.0. The minimum atomic E-state index is -0.691. The molecule has 1 aliphatic rings. The number of nitrogens with zero attached hydrogens (tertiary/aromatic N) is 4. The molecule has 0 saturated heterocycles. The van der Waals surface area contributed by atoms with E-state index in [0.717, 1.165) is 11.0 Å². The van der Waals surface area contributed by atoms with Crippen molar-refractivity contribution < 1.29 is 14.5 Å². The van der Waals surface area contributed by atoms with Crippen LogP contribution in [0.3, 0.4) is 0 Å². The van der Waals surface area contributed by atoms with Crippen molar-refractivity contribution in [2.75, 3.05) is 12.0 Å². The van der Waals surface area contributed by atoms with Crippen molar-refractivity contribution in [2.45, 2.75) is 13.8 Å². The lowest BCUT2D eigenvalue weighted by Gasteiger charge is -2.25. The normalized spacial score (nSPS) is 16.2. The molecule has 9 nitrogen and oxygen atoms in total. The third-order valence-corrected chi connectivity index (χ3v) is 3.74. The van der Waals surface area contributed by atoms with E-state index in [2.05, 4.69) is 10.5 Å². The molecule has 0 aliphatic carbocycles. The number of halogens is 1. The van der Waals surface area contributed by atoms with Crippen molar-refractivity contribution in [2.24, 2.45) is 5.10 Å². The van der Waals surface area contributed by atoms with Gasteiger partial charge in [0.2, 0.25) is 0 Å². The molecule has 0 saturated carbocycles. The van der Waals surface area contributed by atoms with Crippen LogP contribution in [0.15, 0.2) is 34.4 Å². The van der Waals surface area contributed by atoms with Gasteiger partial charge in [-0.25, -0.2) is 0 Å². The molecule has 0 bridgehead atoms. The number of nitro benzene ring substituents is 1. The van der Waals surface area contributed by atoms with E-state index in [1.165, 1.54) is 19.1 Å². The first kappa shape index (κ1) is 18.1.